The molecule has 11 atom stereocenters. The lowest BCUT2D eigenvalue weighted by molar-refractivity contribution is -0.140. The third kappa shape index (κ3) is 27.4. The quantitative estimate of drug-likeness (QED) is 0.0398. The number of aliphatic hydroxyl groups is 2. The molecule has 1 rings (SSSR count). The van der Waals surface area contributed by atoms with Gasteiger partial charge in [-0.25, -0.2) is 0 Å². The predicted octanol–water partition coefficient (Wildman–Crippen LogP) is 2.28. The zero-order chi connectivity index (χ0) is 66.4. The van der Waals surface area contributed by atoms with Gasteiger partial charge in [0.15, 0.2) is 0 Å². The van der Waals surface area contributed by atoms with Crippen LogP contribution >= 0.6 is 0 Å². The van der Waals surface area contributed by atoms with Crippen molar-refractivity contribution in [2.24, 2.45) is 35.5 Å². The smallest absolute Gasteiger partial charge is 0.246 e. The summed E-state index contributed by atoms with van der Waals surface area (Å²) in [6.07, 6.45) is 2.07. The minimum absolute atomic E-state index is 0.00837. The molecule has 492 valence electrons. The van der Waals surface area contributed by atoms with Crippen molar-refractivity contribution in [1.82, 2.24) is 57.7 Å². The molecule has 1 aliphatic heterocycles. The molecule has 86 heavy (non-hydrogen) atoms. The van der Waals surface area contributed by atoms with Crippen LogP contribution < -0.4 is 47.9 Å². The number of hydrogen-bond donors (Lipinski definition) is 11. The number of nitrogens with one attached hydrogen (secondary N) is 9. The van der Waals surface area contributed by atoms with Gasteiger partial charge in [-0.2, -0.15) is 0 Å². The third-order valence-corrected chi connectivity index (χ3v) is 15.1. The van der Waals surface area contributed by atoms with Crippen LogP contribution in [-0.4, -0.2) is 184 Å². The van der Waals surface area contributed by atoms with Crippen molar-refractivity contribution in [3.05, 3.63) is 12.2 Å². The molecule has 0 unspecified atom stereocenters. The summed E-state index contributed by atoms with van der Waals surface area (Å²) >= 11 is 0. The van der Waals surface area contributed by atoms with E-state index in [0.717, 1.165) is 6.42 Å². The monoisotopic (exact) mass is 1220 g/mol. The first-order valence-corrected chi connectivity index (χ1v) is 30.8. The first kappa shape index (κ1) is 78.0. The molecule has 0 saturated carbocycles. The van der Waals surface area contributed by atoms with E-state index in [2.05, 4.69) is 47.9 Å². The Kier molecular flexibility index (Phi) is 32.4. The highest BCUT2D eigenvalue weighted by Gasteiger charge is 2.43. The van der Waals surface area contributed by atoms with Gasteiger partial charge in [-0.15, -0.1) is 0 Å². The maximum atomic E-state index is 14.6. The molecule has 1 saturated heterocycles. The van der Waals surface area contributed by atoms with Crippen LogP contribution in [0.15, 0.2) is 12.2 Å². The summed E-state index contributed by atoms with van der Waals surface area (Å²) in [5, 5.41) is 46.7. The van der Waals surface area contributed by atoms with Gasteiger partial charge >= 0.3 is 0 Å². The number of rotatable bonds is 37. The maximum Gasteiger partial charge on any atom is 0.246 e. The van der Waals surface area contributed by atoms with Crippen molar-refractivity contribution in [2.45, 2.75) is 247 Å². The lowest BCUT2D eigenvalue weighted by Crippen LogP contribution is -2.66. The highest BCUT2D eigenvalue weighted by molar-refractivity contribution is 6.00. The van der Waals surface area contributed by atoms with Gasteiger partial charge in [-0.1, -0.05) is 88.7 Å². The number of likely N-dealkylation sites (N-methyl/N-ethyl adjacent to an activating group) is 1. The van der Waals surface area contributed by atoms with Gasteiger partial charge in [0.2, 0.25) is 59.1 Å². The Bertz CT molecular complexity index is 2340. The molecule has 0 spiro atoms. The standard InChI is InChI=1S/C62H111N11O13/c1-21-38(9)23-24-49(77)73-33-40(11)31-47(73)55(82)66-46(30-39(10)29-43(75)32-42(74)22-2)53(80)68-50(51(78)37(7)8)56(83)70-61(15,16)58(85)67-44(27-35(3)4)52(79)65-45(28-36(5)6)54(81)69-62(17,18)59(86)71-60(13,14)57(84)63-26-25-48(76)64-41(12)34-72(19)20/h23-24,35-41,43-47,50-51,75,78H,21-22,25-34H2,1-20H3,(H,63,84)(H,64,76)(H,65,79)(H,66,82)(H,67,85)(H,68,80)(H,69,81)(H,70,83)(H,71,86)/b24-23+/t38-,39+,40+,41+,43+,44+,45+,46+,47+,50+,51+/m1/s1. The van der Waals surface area contributed by atoms with E-state index in [1.165, 1.54) is 52.5 Å². The highest BCUT2D eigenvalue weighted by atomic mass is 16.3. The Labute approximate surface area is 512 Å². The summed E-state index contributed by atoms with van der Waals surface area (Å²) in [6.45, 7) is 31.1. The SMILES string of the molecule is CCC(=O)C[C@@H](O)C[C@H](C)C[C@H](NC(=O)[C@@H]1C[C@H](C)CN1C(=O)/C=C/[C@H](C)CC)C(=O)N[C@H](C(=O)NC(C)(C)C(=O)N[C@@H](CC(C)C)C(=O)N[C@@H](CC(C)C)C(=O)NC(C)(C)C(=O)NC(C)(C)C(=O)NCCC(=O)N[C@@H](C)CN(C)C)[C@@H](O)C(C)C. The molecule has 11 N–H and O–H groups in total. The molecule has 1 aliphatic rings. The van der Waals surface area contributed by atoms with E-state index in [0.29, 0.717) is 19.5 Å². The molecule has 1 heterocycles. The molecular formula is C62H111N11O13. The summed E-state index contributed by atoms with van der Waals surface area (Å²) in [7, 11) is 3.77. The van der Waals surface area contributed by atoms with Crippen LogP contribution in [0.25, 0.3) is 0 Å². The number of carbonyl (C=O) groups excluding carboxylic acids is 11. The number of hydrogen-bond acceptors (Lipinski definition) is 14. The Morgan fingerprint density at radius 2 is 1.15 bits per heavy atom. The molecule has 24 nitrogen and oxygen atoms in total. The van der Waals surface area contributed by atoms with E-state index in [-0.39, 0.29) is 98.8 Å². The lowest BCUT2D eigenvalue weighted by atomic mass is 9.92. The van der Waals surface area contributed by atoms with Gasteiger partial charge in [0.05, 0.1) is 12.2 Å². The van der Waals surface area contributed by atoms with Crippen molar-refractivity contribution < 1.29 is 63.0 Å². The van der Waals surface area contributed by atoms with Crippen molar-refractivity contribution in [3.63, 3.8) is 0 Å². The van der Waals surface area contributed by atoms with Crippen LogP contribution in [0.4, 0.5) is 0 Å². The Balaban J connectivity index is 3.44. The number of likely N-dealkylation sites (tertiary alicyclic amines) is 1. The molecule has 10 amide bonds. The average Bonchev–Trinajstić information content (AvgIpc) is 3.94. The van der Waals surface area contributed by atoms with Crippen LogP contribution in [0.2, 0.25) is 0 Å². The fourth-order valence-electron chi connectivity index (χ4n) is 9.77. The maximum absolute atomic E-state index is 14.6. The second-order valence-corrected chi connectivity index (χ2v) is 27.1. The summed E-state index contributed by atoms with van der Waals surface area (Å²) in [6, 6.07) is -6.61. The molecule has 0 aromatic rings. The van der Waals surface area contributed by atoms with Gasteiger partial charge in [0, 0.05) is 44.9 Å². The van der Waals surface area contributed by atoms with Gasteiger partial charge in [-0.05, 0) is 136 Å². The topological polar surface area (TPSA) is 343 Å². The van der Waals surface area contributed by atoms with E-state index >= 15 is 0 Å². The zero-order valence-electron chi connectivity index (χ0n) is 55.5. The molecular weight excluding hydrogens is 1110 g/mol. The van der Waals surface area contributed by atoms with E-state index in [4.69, 9.17) is 0 Å². The summed E-state index contributed by atoms with van der Waals surface area (Å²) in [5.41, 5.74) is -4.93. The van der Waals surface area contributed by atoms with Crippen LogP contribution in [0, 0.1) is 35.5 Å². The van der Waals surface area contributed by atoms with Crippen LogP contribution in [-0.2, 0) is 52.7 Å². The van der Waals surface area contributed by atoms with Crippen LogP contribution in [0.1, 0.15) is 182 Å². The third-order valence-electron chi connectivity index (χ3n) is 15.1. The zero-order valence-corrected chi connectivity index (χ0v) is 55.5. The Hall–Kier alpha value is -6.01. The minimum atomic E-state index is -1.82. The fraction of sp³-hybridized carbons (Fsp3) is 0.790. The number of amides is 10. The number of nitrogens with zero attached hydrogens (tertiary/aromatic N) is 2. The molecule has 0 radical (unpaired) electrons. The predicted molar refractivity (Wildman–Crippen MR) is 330 cm³/mol. The minimum Gasteiger partial charge on any atom is -0.393 e. The number of carbonyl (C=O) groups is 11. The summed E-state index contributed by atoms with van der Waals surface area (Å²) < 4.78 is 0. The molecule has 0 aromatic carbocycles. The molecule has 0 bridgehead atoms. The number of aliphatic hydroxyl groups excluding tert-OH is 2. The second-order valence-electron chi connectivity index (χ2n) is 27.1. The number of allylic oxidation sites excluding steroid dienone is 1. The largest absolute Gasteiger partial charge is 0.393 e. The number of Topliss-reactive ketones (excluding diaryl/α,β-unsaturated/α-hetero) is 1. The molecule has 0 aliphatic carbocycles. The van der Waals surface area contributed by atoms with Crippen LogP contribution in [0.5, 0.6) is 0 Å². The van der Waals surface area contributed by atoms with Crippen molar-refractivity contribution in [2.75, 3.05) is 33.7 Å². The van der Waals surface area contributed by atoms with Crippen LogP contribution in [0.3, 0.4) is 0 Å². The van der Waals surface area contributed by atoms with Gasteiger partial charge in [-0.3, -0.25) is 52.7 Å². The second kappa shape index (κ2) is 35.7. The number of ketones is 1. The molecule has 1 fully saturated rings. The molecule has 0 aromatic heterocycles. The van der Waals surface area contributed by atoms with Gasteiger partial charge < -0.3 is 67.9 Å². The highest BCUT2D eigenvalue weighted by Crippen LogP contribution is 2.25. The van der Waals surface area contributed by atoms with Crippen molar-refractivity contribution in [3.8, 4) is 0 Å². The average molecular weight is 1220 g/mol. The normalized spacial score (nSPS) is 18.0. The van der Waals surface area contributed by atoms with Gasteiger partial charge in [0.1, 0.15) is 52.6 Å². The first-order chi connectivity index (χ1) is 39.6. The lowest BCUT2D eigenvalue weighted by Gasteiger charge is -2.34. The Morgan fingerprint density at radius 1 is 0.628 bits per heavy atom. The van der Waals surface area contributed by atoms with E-state index in [1.807, 2.05) is 74.4 Å². The fourth-order valence-corrected chi connectivity index (χ4v) is 9.77. The first-order valence-electron chi connectivity index (χ1n) is 30.8. The van der Waals surface area contributed by atoms with Gasteiger partial charge in [0.25, 0.3) is 0 Å². The summed E-state index contributed by atoms with van der Waals surface area (Å²) in [4.78, 5) is 154. The van der Waals surface area contributed by atoms with E-state index in [1.54, 1.807) is 33.8 Å². The van der Waals surface area contributed by atoms with Crippen molar-refractivity contribution >= 4 is 64.9 Å². The van der Waals surface area contributed by atoms with E-state index in [9.17, 15) is 63.0 Å². The molecule has 24 heteroatoms. The van der Waals surface area contributed by atoms with E-state index < -0.39 is 118 Å². The Morgan fingerprint density at radius 3 is 1.69 bits per heavy atom. The van der Waals surface area contributed by atoms with Crippen molar-refractivity contribution in [1.29, 1.82) is 0 Å². The summed E-state index contributed by atoms with van der Waals surface area (Å²) in [5.74, 6) is -8.25.